The topological polar surface area (TPSA) is 85.3 Å². The van der Waals surface area contributed by atoms with Gasteiger partial charge in [0.15, 0.2) is 0 Å². The number of carbonyl (C=O) groups excluding carboxylic acids is 2. The highest BCUT2D eigenvalue weighted by molar-refractivity contribution is 6.46. The maximum Gasteiger partial charge on any atom is 0.295 e. The molecule has 1 aliphatic heterocycles. The van der Waals surface area contributed by atoms with E-state index in [-0.39, 0.29) is 17.9 Å². The fraction of sp³-hybridized carbons (Fsp3) is 0.312. The molecule has 0 saturated carbocycles. The second-order valence-corrected chi connectivity index (χ2v) is 9.58. The number of methoxy groups -OCH3 is 1. The maximum atomic E-state index is 13.6. The van der Waals surface area contributed by atoms with E-state index in [0.717, 1.165) is 16.7 Å². The Morgan fingerprint density at radius 3 is 2.26 bits per heavy atom. The minimum absolute atomic E-state index is 0.0114. The van der Waals surface area contributed by atoms with Crippen LogP contribution in [0.15, 0.2) is 72.3 Å². The monoisotopic (exact) mass is 529 g/mol. The first-order valence-corrected chi connectivity index (χ1v) is 13.2. The Morgan fingerprint density at radius 2 is 1.62 bits per heavy atom. The summed E-state index contributed by atoms with van der Waals surface area (Å²) < 4.78 is 16.9. The summed E-state index contributed by atoms with van der Waals surface area (Å²) in [7, 11) is 1.57. The lowest BCUT2D eigenvalue weighted by Crippen LogP contribution is -2.29. The number of Topliss-reactive ketones (excluding diaryl/α,β-unsaturated/α-hetero) is 1. The van der Waals surface area contributed by atoms with Gasteiger partial charge < -0.3 is 24.2 Å². The molecule has 1 aliphatic rings. The molecular weight excluding hydrogens is 494 g/mol. The first-order valence-electron chi connectivity index (χ1n) is 13.2. The number of likely N-dealkylation sites (tertiary alicyclic amines) is 1. The minimum atomic E-state index is -0.808. The molecule has 1 heterocycles. The molecule has 3 aromatic rings. The van der Waals surface area contributed by atoms with Crippen LogP contribution < -0.4 is 14.2 Å². The van der Waals surface area contributed by atoms with Crippen LogP contribution in [0.25, 0.3) is 5.76 Å². The average molecular weight is 530 g/mol. The van der Waals surface area contributed by atoms with Crippen LogP contribution in [0.1, 0.15) is 61.9 Å². The van der Waals surface area contributed by atoms with E-state index in [4.69, 9.17) is 14.2 Å². The molecule has 0 spiro atoms. The van der Waals surface area contributed by atoms with Crippen molar-refractivity contribution in [2.24, 2.45) is 0 Å². The highest BCUT2D eigenvalue weighted by Gasteiger charge is 2.46. The van der Waals surface area contributed by atoms with Crippen molar-refractivity contribution in [3.05, 3.63) is 94.6 Å². The quantitative estimate of drug-likeness (QED) is 0.190. The lowest BCUT2D eigenvalue weighted by atomic mass is 9.93. The van der Waals surface area contributed by atoms with Gasteiger partial charge in [0.2, 0.25) is 0 Å². The number of nitrogens with zero attached hydrogens (tertiary/aromatic N) is 1. The highest BCUT2D eigenvalue weighted by atomic mass is 16.5. The smallest absolute Gasteiger partial charge is 0.295 e. The van der Waals surface area contributed by atoms with Crippen molar-refractivity contribution in [1.82, 2.24) is 4.90 Å². The SMILES string of the molecule is CCOc1ccc(/C(O)=C2/C(=O)C(=O)N(Cc3ccccc3OC)C2c2ccc(C(C)C)cc2)c(OCC)c1. The van der Waals surface area contributed by atoms with Crippen molar-refractivity contribution in [1.29, 1.82) is 0 Å². The molecule has 1 unspecified atom stereocenters. The standard InChI is InChI=1S/C32H35NO6/c1-6-38-24-16-17-25(27(18-24)39-7-2)30(34)28-29(22-14-12-21(13-15-22)20(3)4)33(32(36)31(28)35)19-23-10-8-9-11-26(23)37-5/h8-18,20,29,34H,6-7,19H2,1-5H3/b30-28-. The summed E-state index contributed by atoms with van der Waals surface area (Å²) in [6, 6.07) is 19.4. The summed E-state index contributed by atoms with van der Waals surface area (Å²) >= 11 is 0. The Balaban J connectivity index is 1.89. The number of hydrogen-bond donors (Lipinski definition) is 1. The lowest BCUT2D eigenvalue weighted by molar-refractivity contribution is -0.140. The molecule has 1 saturated heterocycles. The minimum Gasteiger partial charge on any atom is -0.507 e. The number of ketones is 1. The van der Waals surface area contributed by atoms with Crippen LogP contribution in [-0.4, -0.2) is 42.0 Å². The number of aliphatic hydroxyl groups excluding tert-OH is 1. The number of rotatable bonds is 10. The number of carbonyl (C=O) groups is 2. The number of para-hydroxylation sites is 1. The summed E-state index contributed by atoms with van der Waals surface area (Å²) in [5.41, 5.74) is 2.93. The van der Waals surface area contributed by atoms with Crippen LogP contribution in [-0.2, 0) is 16.1 Å². The number of benzene rings is 3. The van der Waals surface area contributed by atoms with Gasteiger partial charge in [-0.25, -0.2) is 0 Å². The molecule has 1 atom stereocenters. The molecule has 3 aromatic carbocycles. The largest absolute Gasteiger partial charge is 0.507 e. The second kappa shape index (κ2) is 12.1. The Hall–Kier alpha value is -4.26. The summed E-state index contributed by atoms with van der Waals surface area (Å²) in [6.45, 7) is 8.86. The van der Waals surface area contributed by atoms with Gasteiger partial charge in [-0.1, -0.05) is 56.3 Å². The van der Waals surface area contributed by atoms with Gasteiger partial charge in [0.25, 0.3) is 11.7 Å². The Bertz CT molecular complexity index is 1380. The van der Waals surface area contributed by atoms with E-state index >= 15 is 0 Å². The predicted octanol–water partition coefficient (Wildman–Crippen LogP) is 6.24. The number of ether oxygens (including phenoxy) is 3. The molecular formula is C32H35NO6. The van der Waals surface area contributed by atoms with Gasteiger partial charge in [0.1, 0.15) is 23.0 Å². The van der Waals surface area contributed by atoms with Crippen molar-refractivity contribution in [3.8, 4) is 17.2 Å². The molecule has 204 valence electrons. The third kappa shape index (κ3) is 5.62. The highest BCUT2D eigenvalue weighted by Crippen LogP contribution is 2.43. The van der Waals surface area contributed by atoms with Gasteiger partial charge >= 0.3 is 0 Å². The van der Waals surface area contributed by atoms with Crippen LogP contribution in [0.2, 0.25) is 0 Å². The van der Waals surface area contributed by atoms with Gasteiger partial charge in [-0.3, -0.25) is 9.59 Å². The Kier molecular flexibility index (Phi) is 8.59. The molecule has 0 aromatic heterocycles. The zero-order valence-corrected chi connectivity index (χ0v) is 23.1. The number of aliphatic hydroxyl groups is 1. The molecule has 7 nitrogen and oxygen atoms in total. The molecule has 39 heavy (non-hydrogen) atoms. The van der Waals surface area contributed by atoms with Crippen LogP contribution >= 0.6 is 0 Å². The van der Waals surface area contributed by atoms with E-state index in [1.54, 1.807) is 25.3 Å². The van der Waals surface area contributed by atoms with E-state index in [0.29, 0.717) is 41.9 Å². The van der Waals surface area contributed by atoms with Gasteiger partial charge in [-0.05, 0) is 49.1 Å². The fourth-order valence-electron chi connectivity index (χ4n) is 4.84. The molecule has 1 fully saturated rings. The maximum absolute atomic E-state index is 13.6. The molecule has 7 heteroatoms. The van der Waals surface area contributed by atoms with Gasteiger partial charge in [0.05, 0.1) is 44.0 Å². The molecule has 4 rings (SSSR count). The van der Waals surface area contributed by atoms with Crippen LogP contribution in [0, 0.1) is 0 Å². The zero-order chi connectivity index (χ0) is 28.1. The van der Waals surface area contributed by atoms with Crippen molar-refractivity contribution >= 4 is 17.4 Å². The molecule has 0 bridgehead atoms. The number of amides is 1. The predicted molar refractivity (Wildman–Crippen MR) is 150 cm³/mol. The molecule has 0 aliphatic carbocycles. The third-order valence-corrected chi connectivity index (χ3v) is 6.81. The van der Waals surface area contributed by atoms with Crippen LogP contribution in [0.5, 0.6) is 17.2 Å². The summed E-state index contributed by atoms with van der Waals surface area (Å²) in [4.78, 5) is 28.6. The summed E-state index contributed by atoms with van der Waals surface area (Å²) in [5, 5.41) is 11.6. The average Bonchev–Trinajstić information content (AvgIpc) is 3.18. The van der Waals surface area contributed by atoms with E-state index in [2.05, 4.69) is 13.8 Å². The van der Waals surface area contributed by atoms with Gasteiger partial charge in [-0.15, -0.1) is 0 Å². The van der Waals surface area contributed by atoms with Gasteiger partial charge in [0, 0.05) is 11.6 Å². The molecule has 1 amide bonds. The second-order valence-electron chi connectivity index (χ2n) is 9.58. The van der Waals surface area contributed by atoms with Crippen LogP contribution in [0.4, 0.5) is 0 Å². The van der Waals surface area contributed by atoms with E-state index in [9.17, 15) is 14.7 Å². The first-order chi connectivity index (χ1) is 18.8. The Morgan fingerprint density at radius 1 is 0.923 bits per heavy atom. The normalized spacial score (nSPS) is 16.6. The van der Waals surface area contributed by atoms with Crippen molar-refractivity contribution in [3.63, 3.8) is 0 Å². The van der Waals surface area contributed by atoms with Crippen molar-refractivity contribution in [2.45, 2.75) is 46.2 Å². The lowest BCUT2D eigenvalue weighted by Gasteiger charge is -2.26. The first kappa shape index (κ1) is 27.8. The van der Waals surface area contributed by atoms with E-state index in [1.165, 1.54) is 4.90 Å². The zero-order valence-electron chi connectivity index (χ0n) is 23.1. The summed E-state index contributed by atoms with van der Waals surface area (Å²) in [6.07, 6.45) is 0. The number of hydrogen-bond acceptors (Lipinski definition) is 6. The van der Waals surface area contributed by atoms with Crippen molar-refractivity contribution in [2.75, 3.05) is 20.3 Å². The molecule has 0 radical (unpaired) electrons. The van der Waals surface area contributed by atoms with Crippen molar-refractivity contribution < 1.29 is 28.9 Å². The third-order valence-electron chi connectivity index (χ3n) is 6.81. The van der Waals surface area contributed by atoms with E-state index < -0.39 is 17.7 Å². The van der Waals surface area contributed by atoms with Gasteiger partial charge in [-0.2, -0.15) is 0 Å². The Labute approximate surface area is 229 Å². The fourth-order valence-corrected chi connectivity index (χ4v) is 4.84. The van der Waals surface area contributed by atoms with E-state index in [1.807, 2.05) is 62.4 Å². The summed E-state index contributed by atoms with van der Waals surface area (Å²) in [5.74, 6) is 0.136. The van der Waals surface area contributed by atoms with Crippen LogP contribution in [0.3, 0.4) is 0 Å². The molecule has 1 N–H and O–H groups in total.